The second-order valence-electron chi connectivity index (χ2n) is 5.88. The summed E-state index contributed by atoms with van der Waals surface area (Å²) in [5, 5.41) is 8.62. The minimum absolute atomic E-state index is 0.364. The van der Waals surface area contributed by atoms with Gasteiger partial charge in [-0.25, -0.2) is 19.6 Å². The number of nitrogens with zero attached hydrogens (tertiary/aromatic N) is 7. The van der Waals surface area contributed by atoms with Gasteiger partial charge in [-0.05, 0) is 22.9 Å². The third-order valence-electron chi connectivity index (χ3n) is 4.53. The molecule has 9 heteroatoms. The van der Waals surface area contributed by atoms with Crippen LogP contribution in [0.15, 0.2) is 22.5 Å². The highest BCUT2D eigenvalue weighted by Gasteiger charge is 2.26. The van der Waals surface area contributed by atoms with Gasteiger partial charge in [0.15, 0.2) is 5.65 Å². The second-order valence-corrected chi connectivity index (χ2v) is 7.56. The molecule has 126 valence electrons. The number of anilines is 1. The number of rotatable bonds is 3. The van der Waals surface area contributed by atoms with E-state index in [2.05, 4.69) is 52.7 Å². The molecule has 3 aromatic heterocycles. The van der Waals surface area contributed by atoms with E-state index in [1.807, 2.05) is 18.6 Å². The summed E-state index contributed by atoms with van der Waals surface area (Å²) < 4.78 is 2.58. The number of aromatic nitrogens is 5. The summed E-state index contributed by atoms with van der Waals surface area (Å²) in [5.41, 5.74) is 0.852. The van der Waals surface area contributed by atoms with E-state index in [4.69, 9.17) is 0 Å². The quantitative estimate of drug-likeness (QED) is 0.664. The van der Waals surface area contributed by atoms with Crippen LogP contribution in [0.3, 0.4) is 0 Å². The Morgan fingerprint density at radius 1 is 1.17 bits per heavy atom. The normalized spacial score (nSPS) is 17.5. The summed E-state index contributed by atoms with van der Waals surface area (Å²) >= 11 is 5.26. The fraction of sp³-hybridized carbons (Fsp3) is 0.467. The first kappa shape index (κ1) is 15.9. The van der Waals surface area contributed by atoms with Crippen LogP contribution < -0.4 is 4.90 Å². The smallest absolute Gasteiger partial charge is 0.164 e. The molecular weight excluding hydrogens is 390 g/mol. The van der Waals surface area contributed by atoms with E-state index in [1.54, 1.807) is 22.3 Å². The van der Waals surface area contributed by atoms with Crippen molar-refractivity contribution < 1.29 is 0 Å². The summed E-state index contributed by atoms with van der Waals surface area (Å²) in [6.07, 6.45) is 3.50. The van der Waals surface area contributed by atoms with Crippen molar-refractivity contribution in [2.24, 2.45) is 7.05 Å². The molecule has 0 bridgehead atoms. The maximum Gasteiger partial charge on any atom is 0.164 e. The van der Waals surface area contributed by atoms with Crippen molar-refractivity contribution in [1.29, 1.82) is 0 Å². The first-order valence-corrected chi connectivity index (χ1v) is 9.54. The van der Waals surface area contributed by atoms with Gasteiger partial charge in [-0.15, -0.1) is 11.3 Å². The number of halogens is 1. The van der Waals surface area contributed by atoms with E-state index in [0.717, 1.165) is 47.6 Å². The number of fused-ring (bicyclic) bond motifs is 1. The van der Waals surface area contributed by atoms with Crippen molar-refractivity contribution in [1.82, 2.24) is 29.6 Å². The van der Waals surface area contributed by atoms with Crippen LogP contribution in [0.5, 0.6) is 0 Å². The zero-order chi connectivity index (χ0) is 16.7. The Kier molecular flexibility index (Phi) is 4.23. The van der Waals surface area contributed by atoms with Gasteiger partial charge in [-0.2, -0.15) is 5.10 Å². The van der Waals surface area contributed by atoms with Crippen molar-refractivity contribution in [3.8, 4) is 0 Å². The van der Waals surface area contributed by atoms with Crippen molar-refractivity contribution >= 4 is 44.1 Å². The molecule has 7 nitrogen and oxygen atoms in total. The lowest BCUT2D eigenvalue weighted by molar-refractivity contribution is 0.198. The second kappa shape index (κ2) is 6.38. The fourth-order valence-corrected chi connectivity index (χ4v) is 4.51. The van der Waals surface area contributed by atoms with Gasteiger partial charge in [0, 0.05) is 44.8 Å². The molecule has 0 aromatic carbocycles. The van der Waals surface area contributed by atoms with Crippen LogP contribution in [-0.2, 0) is 7.05 Å². The number of hydrogen-bond donors (Lipinski definition) is 0. The number of piperazine rings is 1. The monoisotopic (exact) mass is 407 g/mol. The third-order valence-corrected chi connectivity index (χ3v) is 6.03. The molecule has 1 saturated heterocycles. The van der Waals surface area contributed by atoms with E-state index in [0.29, 0.717) is 6.04 Å². The van der Waals surface area contributed by atoms with Gasteiger partial charge in [0.05, 0.1) is 11.4 Å². The van der Waals surface area contributed by atoms with Gasteiger partial charge in [-0.1, -0.05) is 0 Å². The van der Waals surface area contributed by atoms with Crippen LogP contribution in [0.4, 0.5) is 5.82 Å². The molecule has 24 heavy (non-hydrogen) atoms. The maximum absolute atomic E-state index is 4.53. The lowest BCUT2D eigenvalue weighted by Crippen LogP contribution is -2.47. The van der Waals surface area contributed by atoms with E-state index in [9.17, 15) is 0 Å². The molecule has 1 atom stereocenters. The van der Waals surface area contributed by atoms with Crippen molar-refractivity contribution in [3.05, 3.63) is 27.5 Å². The van der Waals surface area contributed by atoms with Crippen LogP contribution in [0.2, 0.25) is 0 Å². The molecule has 0 amide bonds. The Morgan fingerprint density at radius 2 is 1.96 bits per heavy atom. The zero-order valence-corrected chi connectivity index (χ0v) is 16.0. The predicted molar refractivity (Wildman–Crippen MR) is 98.3 cm³/mol. The van der Waals surface area contributed by atoms with Gasteiger partial charge in [0.1, 0.15) is 21.8 Å². The highest BCUT2D eigenvalue weighted by Crippen LogP contribution is 2.31. The van der Waals surface area contributed by atoms with Crippen molar-refractivity contribution in [2.45, 2.75) is 13.0 Å². The third kappa shape index (κ3) is 2.70. The molecule has 3 aromatic rings. The van der Waals surface area contributed by atoms with E-state index >= 15 is 0 Å². The molecule has 0 radical (unpaired) electrons. The predicted octanol–water partition coefficient (Wildman–Crippen LogP) is 2.47. The standard InChI is InChI=1S/C15H18BrN7S/c1-10(15-17-3-8-24-15)22-4-6-23(7-5-22)14-11-12(16)20-21(2)13(11)18-9-19-14/h3,8-10H,4-7H2,1-2H3. The van der Waals surface area contributed by atoms with Crippen LogP contribution in [0, 0.1) is 0 Å². The summed E-state index contributed by atoms with van der Waals surface area (Å²) in [5.74, 6) is 0.960. The molecule has 0 aliphatic carbocycles. The average Bonchev–Trinajstić information content (AvgIpc) is 3.23. The minimum Gasteiger partial charge on any atom is -0.353 e. The van der Waals surface area contributed by atoms with Gasteiger partial charge in [0.2, 0.25) is 0 Å². The summed E-state index contributed by atoms with van der Waals surface area (Å²) in [4.78, 5) is 18.1. The van der Waals surface area contributed by atoms with Crippen molar-refractivity contribution in [2.75, 3.05) is 31.1 Å². The molecule has 0 N–H and O–H groups in total. The molecule has 1 unspecified atom stereocenters. The minimum atomic E-state index is 0.364. The Balaban J connectivity index is 1.54. The largest absolute Gasteiger partial charge is 0.353 e. The van der Waals surface area contributed by atoms with Crippen molar-refractivity contribution in [3.63, 3.8) is 0 Å². The molecule has 4 rings (SSSR count). The Morgan fingerprint density at radius 3 is 2.67 bits per heavy atom. The van der Waals surface area contributed by atoms with E-state index in [1.165, 1.54) is 5.01 Å². The van der Waals surface area contributed by atoms with E-state index in [-0.39, 0.29) is 0 Å². The van der Waals surface area contributed by atoms with Gasteiger partial charge < -0.3 is 4.90 Å². The van der Waals surface area contributed by atoms with Gasteiger partial charge in [-0.3, -0.25) is 4.90 Å². The first-order valence-electron chi connectivity index (χ1n) is 7.86. The SMILES string of the molecule is CC(c1nccs1)N1CCN(c2ncnc3c2c(Br)nn3C)CC1. The molecular formula is C15H18BrN7S. The van der Waals surface area contributed by atoms with E-state index < -0.39 is 0 Å². The molecule has 4 heterocycles. The molecule has 0 spiro atoms. The number of aryl methyl sites for hydroxylation is 1. The lowest BCUT2D eigenvalue weighted by atomic mass is 10.2. The highest BCUT2D eigenvalue weighted by molar-refractivity contribution is 9.10. The van der Waals surface area contributed by atoms with Gasteiger partial charge in [0.25, 0.3) is 0 Å². The summed E-state index contributed by atoms with van der Waals surface area (Å²) in [6.45, 7) is 6.08. The maximum atomic E-state index is 4.53. The number of hydrogen-bond acceptors (Lipinski definition) is 7. The van der Waals surface area contributed by atoms with Crippen LogP contribution in [0.25, 0.3) is 11.0 Å². The Labute approximate surface area is 152 Å². The average molecular weight is 408 g/mol. The van der Waals surface area contributed by atoms with Gasteiger partial charge >= 0.3 is 0 Å². The number of thiazole rings is 1. The molecule has 1 aliphatic heterocycles. The first-order chi connectivity index (χ1) is 11.6. The summed E-state index contributed by atoms with van der Waals surface area (Å²) in [6, 6.07) is 0.364. The Bertz CT molecular complexity index is 839. The molecule has 1 aliphatic rings. The zero-order valence-electron chi connectivity index (χ0n) is 13.6. The topological polar surface area (TPSA) is 63.0 Å². The highest BCUT2D eigenvalue weighted by atomic mass is 79.9. The lowest BCUT2D eigenvalue weighted by Gasteiger charge is -2.38. The summed E-state index contributed by atoms with van der Waals surface area (Å²) in [7, 11) is 1.90. The van der Waals surface area contributed by atoms with Crippen LogP contribution >= 0.6 is 27.3 Å². The molecule has 1 fully saturated rings. The van der Waals surface area contributed by atoms with Crippen LogP contribution in [0.1, 0.15) is 18.0 Å². The van der Waals surface area contributed by atoms with Crippen LogP contribution in [-0.4, -0.2) is 55.8 Å². The fourth-order valence-electron chi connectivity index (χ4n) is 3.18. The Hall–Kier alpha value is -1.58. The molecule has 0 saturated carbocycles.